The lowest BCUT2D eigenvalue weighted by Crippen LogP contribution is -2.55. The molecule has 12 rings (SSSR count). The summed E-state index contributed by atoms with van der Waals surface area (Å²) in [6, 6.07) is 26.6. The van der Waals surface area contributed by atoms with E-state index in [4.69, 9.17) is 19.2 Å². The van der Waals surface area contributed by atoms with E-state index in [0.29, 0.717) is 61.0 Å². The summed E-state index contributed by atoms with van der Waals surface area (Å²) < 4.78 is 49.3. The first-order valence-corrected chi connectivity index (χ1v) is 26.4. The van der Waals surface area contributed by atoms with Crippen LogP contribution in [-0.4, -0.2) is 103 Å². The molecular formula is C53H57N9O8S. The number of piperidine rings is 1. The number of hydrogen-bond donors (Lipinski definition) is 3. The first-order chi connectivity index (χ1) is 34.5. The highest BCUT2D eigenvalue weighted by Gasteiger charge is 2.50. The number of aromatic nitrogens is 3. The molecule has 17 nitrogen and oxygen atoms in total. The first kappa shape index (κ1) is 45.4. The zero-order valence-corrected chi connectivity index (χ0v) is 40.4. The van der Waals surface area contributed by atoms with Gasteiger partial charge in [-0.15, -0.1) is 0 Å². The minimum atomic E-state index is -4.70. The van der Waals surface area contributed by atoms with Crippen molar-refractivity contribution in [2.45, 2.75) is 99.9 Å². The number of amides is 1. The number of sulfonamides is 1. The summed E-state index contributed by atoms with van der Waals surface area (Å²) >= 11 is 0. The third-order valence-corrected chi connectivity index (χ3v) is 17.2. The normalized spacial score (nSPS) is 22.9. The third kappa shape index (κ3) is 8.38. The third-order valence-electron chi connectivity index (χ3n) is 15.9. The number of hydrogen-bond acceptors (Lipinski definition) is 14. The van der Waals surface area contributed by atoms with Crippen LogP contribution in [0.2, 0.25) is 0 Å². The number of anilines is 4. The van der Waals surface area contributed by atoms with E-state index >= 15 is 0 Å². The van der Waals surface area contributed by atoms with Gasteiger partial charge in [-0.1, -0.05) is 37.3 Å². The average Bonchev–Trinajstić information content (AvgIpc) is 4.06. The molecule has 1 aliphatic carbocycles. The second-order valence-electron chi connectivity index (χ2n) is 20.1. The van der Waals surface area contributed by atoms with Gasteiger partial charge < -0.3 is 34.3 Å². The fraction of sp³-hybridized carbons (Fsp3) is 0.415. The van der Waals surface area contributed by atoms with E-state index in [1.165, 1.54) is 42.9 Å². The number of likely N-dealkylation sites (tertiary alicyclic amines) is 1. The molecule has 368 valence electrons. The zero-order valence-electron chi connectivity index (χ0n) is 39.6. The number of carbonyl (C=O) groups excluding carboxylic acids is 1. The van der Waals surface area contributed by atoms with Crippen molar-refractivity contribution in [3.63, 3.8) is 0 Å². The molecule has 71 heavy (non-hydrogen) atoms. The second kappa shape index (κ2) is 18.1. The number of rotatable bonds is 11. The van der Waals surface area contributed by atoms with Gasteiger partial charge in [0.15, 0.2) is 11.4 Å². The van der Waals surface area contributed by atoms with Gasteiger partial charge in [0, 0.05) is 79.5 Å². The van der Waals surface area contributed by atoms with Gasteiger partial charge in [-0.05, 0) is 117 Å². The number of carbonyl (C=O) groups is 1. The summed E-state index contributed by atoms with van der Waals surface area (Å²) in [4.78, 5) is 45.8. The van der Waals surface area contributed by atoms with Crippen molar-refractivity contribution in [2.75, 3.05) is 54.6 Å². The van der Waals surface area contributed by atoms with Crippen molar-refractivity contribution < 1.29 is 32.3 Å². The van der Waals surface area contributed by atoms with Crippen LogP contribution in [0.5, 0.6) is 11.6 Å². The lowest BCUT2D eigenvalue weighted by atomic mass is 9.59. The number of ether oxygens (including phenoxy) is 3. The van der Waals surface area contributed by atoms with Crippen molar-refractivity contribution in [1.82, 2.24) is 24.6 Å². The van der Waals surface area contributed by atoms with Crippen molar-refractivity contribution in [2.24, 2.45) is 5.41 Å². The quantitative estimate of drug-likeness (QED) is 0.0829. The highest BCUT2D eigenvalue weighted by Crippen LogP contribution is 2.55. The van der Waals surface area contributed by atoms with Gasteiger partial charge in [-0.3, -0.25) is 24.8 Å². The Morgan fingerprint density at radius 2 is 1.82 bits per heavy atom. The molecule has 4 atom stereocenters. The predicted molar refractivity (Wildman–Crippen MR) is 268 cm³/mol. The molecule has 0 unspecified atom stereocenters. The fourth-order valence-electron chi connectivity index (χ4n) is 12.3. The Hall–Kier alpha value is -6.76. The number of nitrogens with one attached hydrogen (secondary N) is 3. The number of aromatic amines is 1. The Morgan fingerprint density at radius 1 is 0.972 bits per heavy atom. The topological polar surface area (TPSA) is 197 Å². The molecule has 1 saturated carbocycles. The van der Waals surface area contributed by atoms with E-state index < -0.39 is 37.5 Å². The molecule has 0 bridgehead atoms. The van der Waals surface area contributed by atoms with E-state index in [-0.39, 0.29) is 41.1 Å². The van der Waals surface area contributed by atoms with Crippen LogP contribution in [0.15, 0.2) is 102 Å². The summed E-state index contributed by atoms with van der Waals surface area (Å²) in [5.74, 6) is -0.535. The van der Waals surface area contributed by atoms with Gasteiger partial charge in [0.05, 0.1) is 39.8 Å². The molecule has 3 aromatic carbocycles. The molecule has 18 heteroatoms. The summed E-state index contributed by atoms with van der Waals surface area (Å²) in [6.07, 6.45) is 12.0. The maximum absolute atomic E-state index is 14.8. The zero-order chi connectivity index (χ0) is 48.4. The monoisotopic (exact) mass is 979 g/mol. The molecule has 3 saturated heterocycles. The highest BCUT2D eigenvalue weighted by atomic mass is 32.2. The molecule has 1 spiro atoms. The SMILES string of the molecule is CCc1ccccc1[C@@H]1CCCN1C1CC2(CCN(c3ccc(C(=O)NS(=O)(=O)c4cc5c(c([N+](=O)[O-])c4)N[C@@H](Cc4ccccn4)CO5)c(N4c5cc6cc[nH]c6nc5O[C@@H]5COCC[C@@H]54)c3)CC2)C1. The lowest BCUT2D eigenvalue weighted by molar-refractivity contribution is -0.384. The van der Waals surface area contributed by atoms with Gasteiger partial charge in [0.25, 0.3) is 21.6 Å². The minimum Gasteiger partial charge on any atom is -0.489 e. The summed E-state index contributed by atoms with van der Waals surface area (Å²) in [5, 5.41) is 16.5. The van der Waals surface area contributed by atoms with Gasteiger partial charge >= 0.3 is 0 Å². The van der Waals surface area contributed by atoms with Crippen LogP contribution in [0.3, 0.4) is 0 Å². The molecule has 8 heterocycles. The smallest absolute Gasteiger partial charge is 0.297 e. The highest BCUT2D eigenvalue weighted by molar-refractivity contribution is 7.90. The van der Waals surface area contributed by atoms with Gasteiger partial charge in [0.2, 0.25) is 5.88 Å². The number of nitrogens with zero attached hydrogens (tertiary/aromatic N) is 6. The van der Waals surface area contributed by atoms with Crippen molar-refractivity contribution in [3.05, 3.63) is 130 Å². The van der Waals surface area contributed by atoms with Crippen LogP contribution in [0.4, 0.5) is 28.4 Å². The number of benzene rings is 3. The lowest BCUT2D eigenvalue weighted by Gasteiger charge is -2.56. The van der Waals surface area contributed by atoms with Gasteiger partial charge in [-0.2, -0.15) is 4.98 Å². The van der Waals surface area contributed by atoms with Crippen LogP contribution in [0, 0.1) is 15.5 Å². The number of aryl methyl sites for hydroxylation is 1. The van der Waals surface area contributed by atoms with E-state index in [1.54, 1.807) is 18.3 Å². The van der Waals surface area contributed by atoms with Crippen LogP contribution in [0.1, 0.15) is 85.1 Å². The number of nitro groups is 1. The summed E-state index contributed by atoms with van der Waals surface area (Å²) in [6.45, 7) is 5.96. The van der Waals surface area contributed by atoms with E-state index in [2.05, 4.69) is 65.9 Å². The Labute approximate surface area is 412 Å². The van der Waals surface area contributed by atoms with Crippen LogP contribution in [0.25, 0.3) is 11.0 Å². The number of pyridine rings is 2. The maximum Gasteiger partial charge on any atom is 0.297 e. The van der Waals surface area contributed by atoms with Crippen LogP contribution < -0.4 is 29.3 Å². The number of H-pyrrole nitrogens is 1. The average molecular weight is 980 g/mol. The molecule has 3 aromatic heterocycles. The molecule has 6 aliphatic rings. The molecule has 4 fully saturated rings. The van der Waals surface area contributed by atoms with Crippen LogP contribution in [-0.2, 0) is 27.6 Å². The largest absolute Gasteiger partial charge is 0.489 e. The standard InChI is InChI=1S/C53H57N9O8S/c1-2-33-8-3-4-10-40(33)42-11-7-20-60(42)38-29-53(30-38)16-21-59(22-17-53)37-12-13-41(44(26-37)61-43-15-23-68-32-48(43)70-52-46(61)24-34-14-19-55-50(34)57-52)51(63)58-71(66,67)39-27-45(62(64)65)49-47(28-39)69-31-36(56-49)25-35-9-5-6-18-54-35/h3-6,8-10,12-14,18-19,24,26-28,36,38,42-43,48,56H,2,7,11,15-17,20-23,25,29-32H2,1H3,(H,55,57)(H,58,63)/t36-,42-,43-,48+/m0/s1. The van der Waals surface area contributed by atoms with E-state index in [0.717, 1.165) is 61.7 Å². The predicted octanol–water partition coefficient (Wildman–Crippen LogP) is 8.24. The molecule has 6 aromatic rings. The fourth-order valence-corrected chi connectivity index (χ4v) is 13.3. The van der Waals surface area contributed by atoms with Crippen molar-refractivity contribution in [3.8, 4) is 11.6 Å². The molecule has 3 N–H and O–H groups in total. The Bertz CT molecular complexity index is 3140. The van der Waals surface area contributed by atoms with Crippen molar-refractivity contribution >= 4 is 55.4 Å². The number of nitro benzene ring substituents is 1. The van der Waals surface area contributed by atoms with E-state index in [1.807, 2.05) is 42.6 Å². The Morgan fingerprint density at radius 3 is 2.63 bits per heavy atom. The molecule has 5 aliphatic heterocycles. The Balaban J connectivity index is 0.838. The number of fused-ring (bicyclic) bond motifs is 4. The maximum atomic E-state index is 14.8. The van der Waals surface area contributed by atoms with Gasteiger partial charge in [-0.25, -0.2) is 13.1 Å². The Kier molecular flexibility index (Phi) is 11.6. The van der Waals surface area contributed by atoms with Crippen LogP contribution >= 0.6 is 0 Å². The van der Waals surface area contributed by atoms with Gasteiger partial charge in [0.1, 0.15) is 24.0 Å². The molecule has 0 radical (unpaired) electrons. The second-order valence-corrected chi connectivity index (χ2v) is 21.8. The molecular weight excluding hydrogens is 923 g/mol. The molecule has 1 amide bonds. The van der Waals surface area contributed by atoms with Crippen molar-refractivity contribution in [1.29, 1.82) is 0 Å². The minimum absolute atomic E-state index is 0.00730. The first-order valence-electron chi connectivity index (χ1n) is 25.0. The summed E-state index contributed by atoms with van der Waals surface area (Å²) in [7, 11) is -4.70. The van der Waals surface area contributed by atoms with E-state index in [9.17, 15) is 23.3 Å². The summed E-state index contributed by atoms with van der Waals surface area (Å²) in [5.41, 5.74) is 6.38.